The van der Waals surface area contributed by atoms with Gasteiger partial charge in [-0.05, 0) is 91.5 Å². The number of hydrogen-bond acceptors (Lipinski definition) is 1. The summed E-state index contributed by atoms with van der Waals surface area (Å²) in [5, 5.41) is 0. The Balaban J connectivity index is 1.52. The molecule has 0 aliphatic heterocycles. The second-order valence-corrected chi connectivity index (χ2v) is 8.56. The third kappa shape index (κ3) is 4.07. The van der Waals surface area contributed by atoms with Crippen molar-refractivity contribution in [3.63, 3.8) is 0 Å². The van der Waals surface area contributed by atoms with Gasteiger partial charge in [0.25, 0.3) is 0 Å². The second kappa shape index (κ2) is 8.47. The van der Waals surface area contributed by atoms with Crippen LogP contribution in [0.25, 0.3) is 11.1 Å². The molecular formula is C24H26F4O. The highest BCUT2D eigenvalue weighted by atomic mass is 19.2. The van der Waals surface area contributed by atoms with Crippen molar-refractivity contribution in [3.05, 3.63) is 58.7 Å². The van der Waals surface area contributed by atoms with Gasteiger partial charge in [-0.25, -0.2) is 17.6 Å². The predicted octanol–water partition coefficient (Wildman–Crippen LogP) is 6.47. The van der Waals surface area contributed by atoms with E-state index < -0.39 is 23.3 Å². The van der Waals surface area contributed by atoms with Crippen LogP contribution in [-0.2, 0) is 17.6 Å². The molecule has 1 unspecified atom stereocenters. The number of halogens is 4. The third-order valence-corrected chi connectivity index (χ3v) is 6.84. The second-order valence-electron chi connectivity index (χ2n) is 8.56. The quantitative estimate of drug-likeness (QED) is 0.418. The highest BCUT2D eigenvalue weighted by Gasteiger charge is 2.31. The van der Waals surface area contributed by atoms with Crippen molar-refractivity contribution in [1.29, 1.82) is 0 Å². The Kier molecular flexibility index (Phi) is 5.95. The minimum absolute atomic E-state index is 0.0280. The van der Waals surface area contributed by atoms with Gasteiger partial charge in [-0.15, -0.1) is 0 Å². The van der Waals surface area contributed by atoms with Crippen LogP contribution in [-0.4, -0.2) is 13.7 Å². The molecule has 0 bridgehead atoms. The van der Waals surface area contributed by atoms with Crippen LogP contribution >= 0.6 is 0 Å². The number of fused-ring (bicyclic) bond motifs is 1. The molecule has 0 saturated heterocycles. The molecule has 1 atom stereocenters. The first-order chi connectivity index (χ1) is 14.0. The smallest absolute Gasteiger partial charge is 0.194 e. The Hall–Kier alpha value is -1.88. The van der Waals surface area contributed by atoms with Gasteiger partial charge in [-0.3, -0.25) is 0 Å². The van der Waals surface area contributed by atoms with E-state index in [-0.39, 0.29) is 11.1 Å². The van der Waals surface area contributed by atoms with Crippen molar-refractivity contribution in [1.82, 2.24) is 0 Å². The van der Waals surface area contributed by atoms with Crippen LogP contribution in [0.2, 0.25) is 0 Å². The number of hydrogen-bond donors (Lipinski definition) is 0. The van der Waals surface area contributed by atoms with Crippen LogP contribution in [0.1, 0.15) is 43.2 Å². The Labute approximate surface area is 169 Å². The molecule has 1 saturated carbocycles. The Bertz CT molecular complexity index is 864. The summed E-state index contributed by atoms with van der Waals surface area (Å²) in [7, 11) is 1.75. The summed E-state index contributed by atoms with van der Waals surface area (Å²) in [4.78, 5) is 0. The monoisotopic (exact) mass is 406 g/mol. The van der Waals surface area contributed by atoms with Gasteiger partial charge in [0.2, 0.25) is 0 Å². The normalized spacial score (nSPS) is 24.4. The summed E-state index contributed by atoms with van der Waals surface area (Å²) in [6, 6.07) is 5.15. The molecule has 1 nitrogen and oxygen atoms in total. The zero-order valence-electron chi connectivity index (χ0n) is 16.6. The Morgan fingerprint density at radius 3 is 2.21 bits per heavy atom. The van der Waals surface area contributed by atoms with E-state index in [1.54, 1.807) is 13.2 Å². The number of methoxy groups -OCH3 is 1. The maximum absolute atomic E-state index is 15.2. The summed E-state index contributed by atoms with van der Waals surface area (Å²) < 4.78 is 60.8. The number of rotatable bonds is 4. The van der Waals surface area contributed by atoms with Crippen molar-refractivity contribution in [2.45, 2.75) is 44.9 Å². The van der Waals surface area contributed by atoms with Crippen molar-refractivity contribution in [2.75, 3.05) is 13.7 Å². The van der Waals surface area contributed by atoms with E-state index in [9.17, 15) is 13.2 Å². The first-order valence-corrected chi connectivity index (χ1v) is 10.4. The van der Waals surface area contributed by atoms with Gasteiger partial charge in [0.1, 0.15) is 5.82 Å². The maximum atomic E-state index is 15.2. The van der Waals surface area contributed by atoms with Crippen molar-refractivity contribution >= 4 is 0 Å². The fraction of sp³-hybridized carbons (Fsp3) is 0.500. The zero-order chi connectivity index (χ0) is 20.5. The van der Waals surface area contributed by atoms with Gasteiger partial charge in [0, 0.05) is 19.3 Å². The average molecular weight is 406 g/mol. The third-order valence-electron chi connectivity index (χ3n) is 6.84. The molecule has 0 amide bonds. The number of ether oxygens (including phenoxy) is 1. The Morgan fingerprint density at radius 2 is 1.55 bits per heavy atom. The lowest BCUT2D eigenvalue weighted by Gasteiger charge is -2.36. The fourth-order valence-electron chi connectivity index (χ4n) is 5.24. The van der Waals surface area contributed by atoms with Crippen LogP contribution < -0.4 is 0 Å². The standard InChI is InChI=1S/C24H26F4O/c1-29-13-14-2-4-15(5-3-14)16-6-8-19-17(10-16)7-9-20(23(19)27)18-11-21(25)24(28)22(26)12-18/h7,9,11-12,14-16H,2-6,8,10,13H2,1H3. The lowest BCUT2D eigenvalue weighted by molar-refractivity contribution is 0.103. The van der Waals surface area contributed by atoms with Crippen LogP contribution in [0.15, 0.2) is 24.3 Å². The fourth-order valence-corrected chi connectivity index (χ4v) is 5.24. The van der Waals surface area contributed by atoms with E-state index in [1.165, 1.54) is 25.7 Å². The first kappa shape index (κ1) is 20.4. The van der Waals surface area contributed by atoms with Crippen LogP contribution in [0, 0.1) is 41.0 Å². The first-order valence-electron chi connectivity index (χ1n) is 10.4. The van der Waals surface area contributed by atoms with Gasteiger partial charge in [-0.2, -0.15) is 0 Å². The maximum Gasteiger partial charge on any atom is 0.194 e. The molecule has 2 aromatic carbocycles. The summed E-state index contributed by atoms with van der Waals surface area (Å²) in [5.41, 5.74) is 1.78. The molecule has 0 heterocycles. The molecule has 2 aliphatic carbocycles. The number of benzene rings is 2. The van der Waals surface area contributed by atoms with Crippen LogP contribution in [0.3, 0.4) is 0 Å². The molecule has 2 aliphatic rings. The summed E-state index contributed by atoms with van der Waals surface area (Å²) in [6.07, 6.45) is 7.18. The molecule has 0 N–H and O–H groups in total. The highest BCUT2D eigenvalue weighted by molar-refractivity contribution is 5.66. The predicted molar refractivity (Wildman–Crippen MR) is 105 cm³/mol. The molecule has 1 fully saturated rings. The lowest BCUT2D eigenvalue weighted by Crippen LogP contribution is -2.28. The van der Waals surface area contributed by atoms with Gasteiger partial charge < -0.3 is 4.74 Å². The molecule has 4 rings (SSSR count). The van der Waals surface area contributed by atoms with E-state index in [0.29, 0.717) is 29.7 Å². The van der Waals surface area contributed by atoms with Crippen LogP contribution in [0.4, 0.5) is 17.6 Å². The molecular weight excluding hydrogens is 380 g/mol. The average Bonchev–Trinajstić information content (AvgIpc) is 2.72. The topological polar surface area (TPSA) is 9.23 Å². The molecule has 0 radical (unpaired) electrons. The Morgan fingerprint density at radius 1 is 0.862 bits per heavy atom. The summed E-state index contributed by atoms with van der Waals surface area (Å²) in [5.74, 6) is -2.70. The van der Waals surface area contributed by atoms with Crippen molar-refractivity contribution in [3.8, 4) is 11.1 Å². The molecule has 5 heteroatoms. The summed E-state index contributed by atoms with van der Waals surface area (Å²) >= 11 is 0. The molecule has 156 valence electrons. The van der Waals surface area contributed by atoms with Gasteiger partial charge in [0.05, 0.1) is 0 Å². The highest BCUT2D eigenvalue weighted by Crippen LogP contribution is 2.41. The molecule has 0 spiro atoms. The molecule has 2 aromatic rings. The minimum Gasteiger partial charge on any atom is -0.384 e. The lowest BCUT2D eigenvalue weighted by atomic mass is 9.69. The van der Waals surface area contributed by atoms with E-state index in [0.717, 1.165) is 37.1 Å². The van der Waals surface area contributed by atoms with Crippen molar-refractivity contribution in [2.24, 2.45) is 17.8 Å². The van der Waals surface area contributed by atoms with Gasteiger partial charge in [0.15, 0.2) is 17.5 Å². The van der Waals surface area contributed by atoms with E-state index in [1.807, 2.05) is 6.07 Å². The van der Waals surface area contributed by atoms with Crippen molar-refractivity contribution < 1.29 is 22.3 Å². The molecule has 29 heavy (non-hydrogen) atoms. The van der Waals surface area contributed by atoms with E-state index in [4.69, 9.17) is 4.74 Å². The van der Waals surface area contributed by atoms with Gasteiger partial charge >= 0.3 is 0 Å². The van der Waals surface area contributed by atoms with Gasteiger partial charge in [-0.1, -0.05) is 12.1 Å². The SMILES string of the molecule is COCC1CCC(C2CCc3c(ccc(-c4cc(F)c(F)c(F)c4)c3F)C2)CC1. The molecule has 0 aromatic heterocycles. The van der Waals surface area contributed by atoms with E-state index >= 15 is 4.39 Å². The summed E-state index contributed by atoms with van der Waals surface area (Å²) in [6.45, 7) is 0.832. The largest absolute Gasteiger partial charge is 0.384 e. The zero-order valence-corrected chi connectivity index (χ0v) is 16.6. The van der Waals surface area contributed by atoms with E-state index in [2.05, 4.69) is 0 Å². The minimum atomic E-state index is -1.53. The van der Waals surface area contributed by atoms with Crippen LogP contribution in [0.5, 0.6) is 0 Å².